The first-order valence-corrected chi connectivity index (χ1v) is 11.2. The van der Waals surface area contributed by atoms with E-state index in [0.717, 1.165) is 5.01 Å². The summed E-state index contributed by atoms with van der Waals surface area (Å²) < 4.78 is 34.7. The van der Waals surface area contributed by atoms with Gasteiger partial charge in [-0.2, -0.15) is 0 Å². The first-order valence-electron chi connectivity index (χ1n) is 10.3. The Kier molecular flexibility index (Phi) is 6.95. The van der Waals surface area contributed by atoms with E-state index in [1.54, 1.807) is 24.4 Å². The summed E-state index contributed by atoms with van der Waals surface area (Å²) in [7, 11) is 0. The van der Waals surface area contributed by atoms with Crippen molar-refractivity contribution in [3.05, 3.63) is 70.2 Å². The van der Waals surface area contributed by atoms with Gasteiger partial charge in [-0.15, -0.1) is 11.3 Å². The molecule has 0 spiro atoms. The molecule has 1 fully saturated rings. The average molecular weight is 473 g/mol. The van der Waals surface area contributed by atoms with E-state index < -0.39 is 23.8 Å². The Morgan fingerprint density at radius 3 is 2.76 bits per heavy atom. The number of nitrogens with zero attached hydrogens (tertiary/aromatic N) is 2. The van der Waals surface area contributed by atoms with Gasteiger partial charge in [-0.05, 0) is 29.8 Å². The number of rotatable bonds is 8. The number of carbonyl (C=O) groups excluding carboxylic acids is 2. The van der Waals surface area contributed by atoms with E-state index in [4.69, 9.17) is 4.74 Å². The highest BCUT2D eigenvalue weighted by Crippen LogP contribution is 2.30. The second-order valence-electron chi connectivity index (χ2n) is 7.55. The maximum absolute atomic E-state index is 14.9. The van der Waals surface area contributed by atoms with Crippen molar-refractivity contribution in [2.45, 2.75) is 26.1 Å². The summed E-state index contributed by atoms with van der Waals surface area (Å²) in [6.45, 7) is 2.61. The van der Waals surface area contributed by atoms with Crippen LogP contribution in [0.2, 0.25) is 0 Å². The zero-order chi connectivity index (χ0) is 23.4. The molecule has 0 aliphatic carbocycles. The minimum Gasteiger partial charge on any atom is -0.442 e. The molecule has 10 heteroatoms. The van der Waals surface area contributed by atoms with Gasteiger partial charge in [-0.3, -0.25) is 9.69 Å². The van der Waals surface area contributed by atoms with Crippen molar-refractivity contribution in [1.82, 2.24) is 15.6 Å². The molecule has 4 rings (SSSR count). The number of aromatic nitrogens is 1. The van der Waals surface area contributed by atoms with E-state index in [-0.39, 0.29) is 24.6 Å². The summed E-state index contributed by atoms with van der Waals surface area (Å²) in [5.74, 6) is -1.25. The molecule has 0 bridgehead atoms. The molecule has 0 radical (unpaired) electrons. The molecule has 1 atom stereocenters. The van der Waals surface area contributed by atoms with Gasteiger partial charge in [0.2, 0.25) is 5.91 Å². The Morgan fingerprint density at radius 1 is 1.21 bits per heavy atom. The molecule has 1 aliphatic rings. The molecule has 2 amide bonds. The number of hydrogen-bond acceptors (Lipinski definition) is 6. The predicted octanol–water partition coefficient (Wildman–Crippen LogP) is 3.84. The van der Waals surface area contributed by atoms with E-state index >= 15 is 0 Å². The van der Waals surface area contributed by atoms with Crippen LogP contribution in [0.15, 0.2) is 48.0 Å². The number of hydrogen-bond donors (Lipinski definition) is 2. The fourth-order valence-corrected chi connectivity index (χ4v) is 4.09. The molecule has 0 saturated carbocycles. The molecule has 1 aromatic heterocycles. The van der Waals surface area contributed by atoms with Crippen molar-refractivity contribution in [3.8, 4) is 11.1 Å². The van der Waals surface area contributed by atoms with Crippen molar-refractivity contribution in [3.63, 3.8) is 0 Å². The predicted molar refractivity (Wildman–Crippen MR) is 121 cm³/mol. The number of nitrogens with one attached hydrogen (secondary N) is 2. The molecule has 7 nitrogen and oxygen atoms in total. The Bertz CT molecular complexity index is 1160. The van der Waals surface area contributed by atoms with Gasteiger partial charge in [0.05, 0.1) is 18.8 Å². The lowest BCUT2D eigenvalue weighted by molar-refractivity contribution is -0.119. The van der Waals surface area contributed by atoms with Gasteiger partial charge in [0.15, 0.2) is 0 Å². The van der Waals surface area contributed by atoms with E-state index in [2.05, 4.69) is 15.6 Å². The lowest BCUT2D eigenvalue weighted by Crippen LogP contribution is -2.33. The van der Waals surface area contributed by atoms with Crippen LogP contribution in [0.5, 0.6) is 0 Å². The molecule has 1 aliphatic heterocycles. The van der Waals surface area contributed by atoms with Gasteiger partial charge in [0.25, 0.3) is 0 Å². The zero-order valence-electron chi connectivity index (χ0n) is 17.8. The van der Waals surface area contributed by atoms with Crippen LogP contribution < -0.4 is 15.5 Å². The fourth-order valence-electron chi connectivity index (χ4n) is 3.50. The second-order valence-corrected chi connectivity index (χ2v) is 8.53. The van der Waals surface area contributed by atoms with Crippen LogP contribution in [-0.2, 0) is 22.6 Å². The van der Waals surface area contributed by atoms with Gasteiger partial charge in [0.1, 0.15) is 22.7 Å². The van der Waals surface area contributed by atoms with Gasteiger partial charge in [0, 0.05) is 42.7 Å². The van der Waals surface area contributed by atoms with Crippen molar-refractivity contribution < 1.29 is 23.1 Å². The monoisotopic (exact) mass is 472 g/mol. The minimum absolute atomic E-state index is 0.183. The summed E-state index contributed by atoms with van der Waals surface area (Å²) in [4.78, 5) is 28.7. The lowest BCUT2D eigenvalue weighted by atomic mass is 10.0. The third-order valence-corrected chi connectivity index (χ3v) is 5.94. The topological polar surface area (TPSA) is 83.6 Å². The third kappa shape index (κ3) is 5.52. The van der Waals surface area contributed by atoms with Crippen molar-refractivity contribution in [2.75, 3.05) is 18.0 Å². The number of ether oxygens (including phenoxy) is 1. The Labute approximate surface area is 193 Å². The van der Waals surface area contributed by atoms with Crippen LogP contribution in [-0.4, -0.2) is 36.2 Å². The maximum Gasteiger partial charge on any atom is 0.414 e. The SMILES string of the molecule is CC(=O)NC[C@H]1CN(c2ccc(-c3ccc(CNCc4nccs4)c(F)c3)c(F)c2)C(=O)O1. The number of benzene rings is 2. The molecule has 2 aromatic carbocycles. The highest BCUT2D eigenvalue weighted by Gasteiger charge is 2.32. The molecule has 3 aromatic rings. The Balaban J connectivity index is 1.43. The average Bonchev–Trinajstić information content (AvgIpc) is 3.43. The van der Waals surface area contributed by atoms with E-state index in [1.165, 1.54) is 41.4 Å². The zero-order valence-corrected chi connectivity index (χ0v) is 18.6. The number of thiazole rings is 1. The highest BCUT2D eigenvalue weighted by molar-refractivity contribution is 7.09. The molecular weight excluding hydrogens is 450 g/mol. The van der Waals surface area contributed by atoms with Crippen LogP contribution in [0, 0.1) is 11.6 Å². The molecule has 172 valence electrons. The molecular formula is C23H22F2N4O3S. The van der Waals surface area contributed by atoms with Crippen LogP contribution in [0.25, 0.3) is 11.1 Å². The van der Waals surface area contributed by atoms with Crippen LogP contribution in [0.4, 0.5) is 19.3 Å². The van der Waals surface area contributed by atoms with Crippen LogP contribution in [0.1, 0.15) is 17.5 Å². The standard InChI is InChI=1S/C23H22F2N4O3S/c1-14(30)28-11-18-13-29(23(31)32-18)17-4-5-19(21(25)9-17)15-2-3-16(20(24)8-15)10-26-12-22-27-6-7-33-22/h2-9,18,26H,10-13H2,1H3,(H,28,30)/t18-/m0/s1. The summed E-state index contributed by atoms with van der Waals surface area (Å²) in [6.07, 6.45) is 0.585. The number of carbonyl (C=O) groups is 2. The lowest BCUT2D eigenvalue weighted by Gasteiger charge is -2.15. The summed E-state index contributed by atoms with van der Waals surface area (Å²) in [6, 6.07) is 8.90. The van der Waals surface area contributed by atoms with Crippen molar-refractivity contribution in [1.29, 1.82) is 0 Å². The minimum atomic E-state index is -0.613. The first-order chi connectivity index (χ1) is 15.9. The van der Waals surface area contributed by atoms with Crippen LogP contribution >= 0.6 is 11.3 Å². The van der Waals surface area contributed by atoms with Crippen LogP contribution in [0.3, 0.4) is 0 Å². The fraction of sp³-hybridized carbons (Fsp3) is 0.261. The summed E-state index contributed by atoms with van der Waals surface area (Å²) >= 11 is 1.52. The number of halogens is 2. The molecule has 0 unspecified atom stereocenters. The molecule has 2 heterocycles. The molecule has 2 N–H and O–H groups in total. The van der Waals surface area contributed by atoms with E-state index in [1.807, 2.05) is 5.38 Å². The number of cyclic esters (lactones) is 1. The van der Waals surface area contributed by atoms with Crippen molar-refractivity contribution in [2.24, 2.45) is 0 Å². The number of anilines is 1. The van der Waals surface area contributed by atoms with E-state index in [0.29, 0.717) is 29.9 Å². The molecule has 33 heavy (non-hydrogen) atoms. The quantitative estimate of drug-likeness (QED) is 0.521. The van der Waals surface area contributed by atoms with Gasteiger partial charge in [-0.1, -0.05) is 12.1 Å². The van der Waals surface area contributed by atoms with Crippen molar-refractivity contribution >= 4 is 29.0 Å². The normalized spacial score (nSPS) is 15.5. The maximum atomic E-state index is 14.9. The van der Waals surface area contributed by atoms with Gasteiger partial charge in [-0.25, -0.2) is 18.6 Å². The summed E-state index contributed by atoms with van der Waals surface area (Å²) in [5.41, 5.74) is 1.42. The number of amides is 2. The smallest absolute Gasteiger partial charge is 0.414 e. The van der Waals surface area contributed by atoms with Gasteiger partial charge < -0.3 is 15.4 Å². The first kappa shape index (κ1) is 22.8. The highest BCUT2D eigenvalue weighted by atomic mass is 32.1. The Hall–Kier alpha value is -3.37. The third-order valence-electron chi connectivity index (χ3n) is 5.16. The second kappa shape index (κ2) is 10.1. The largest absolute Gasteiger partial charge is 0.442 e. The Morgan fingerprint density at radius 2 is 2.06 bits per heavy atom. The van der Waals surface area contributed by atoms with E-state index in [9.17, 15) is 18.4 Å². The van der Waals surface area contributed by atoms with Gasteiger partial charge >= 0.3 is 6.09 Å². The summed E-state index contributed by atoms with van der Waals surface area (Å²) in [5, 5.41) is 8.52. The molecule has 1 saturated heterocycles.